The number of carbonyl (C=O) groups excluding carboxylic acids is 1. The van der Waals surface area contributed by atoms with Crippen molar-refractivity contribution in [1.82, 2.24) is 144 Å². The molecule has 0 bridgehead atoms. The molecular weight excluding hydrogens is 1730 g/mol. The van der Waals surface area contributed by atoms with Crippen molar-refractivity contribution in [1.29, 1.82) is 0 Å². The zero-order valence-electron chi connectivity index (χ0n) is 71.3. The fourth-order valence-corrected chi connectivity index (χ4v) is 20.1. The molecule has 131 heavy (non-hydrogen) atoms. The van der Waals surface area contributed by atoms with Crippen LogP contribution in [0.5, 0.6) is 5.75 Å². The van der Waals surface area contributed by atoms with Gasteiger partial charge >= 0.3 is 6.09 Å². The zero-order chi connectivity index (χ0) is 88.8. The number of nitrogens with zero attached hydrogens (tertiary/aromatic N) is 25. The van der Waals surface area contributed by atoms with Gasteiger partial charge in [0, 0.05) is 91.8 Å². The summed E-state index contributed by atoms with van der Waals surface area (Å²) < 4.78 is 28.3. The molecule has 0 aliphatic carbocycles. The van der Waals surface area contributed by atoms with Crippen LogP contribution in [0.15, 0.2) is 251 Å². The largest absolute Gasteiger partial charge is 0.488 e. The Kier molecular flexibility index (Phi) is 23.7. The second-order valence-electron chi connectivity index (χ2n) is 30.4. The number of para-hydroxylation sites is 1. The number of carbonyl (C=O) groups is 1. The van der Waals surface area contributed by atoms with Crippen LogP contribution in [0.2, 0.25) is 0 Å². The highest BCUT2D eigenvalue weighted by Crippen LogP contribution is 2.48. The third kappa shape index (κ3) is 17.7. The van der Waals surface area contributed by atoms with Gasteiger partial charge in [0.15, 0.2) is 23.3 Å². The van der Waals surface area contributed by atoms with Crippen molar-refractivity contribution in [2.24, 2.45) is 7.05 Å². The quantitative estimate of drug-likeness (QED) is 0.0446. The van der Waals surface area contributed by atoms with Crippen molar-refractivity contribution in [3.05, 3.63) is 290 Å². The minimum Gasteiger partial charge on any atom is -0.488 e. The summed E-state index contributed by atoms with van der Waals surface area (Å²) in [5.41, 5.74) is 22.4. The van der Waals surface area contributed by atoms with Crippen LogP contribution in [0.3, 0.4) is 0 Å². The molecule has 1 aliphatic heterocycles. The fourth-order valence-electron chi connectivity index (χ4n) is 15.5. The van der Waals surface area contributed by atoms with E-state index in [4.69, 9.17) is 34.1 Å². The number of fused-ring (bicyclic) bond motifs is 4. The first-order valence-electron chi connectivity index (χ1n) is 41.7. The number of aromatic amines is 4. The zero-order valence-corrected chi connectivity index (χ0v) is 74.5. The lowest BCUT2D eigenvalue weighted by Gasteiger charge is -2.26. The normalized spacial score (nSPS) is 12.2. The number of amides is 1. The predicted molar refractivity (Wildman–Crippen MR) is 503 cm³/mol. The molecule has 23 rings (SSSR count). The number of morpholine rings is 1. The first-order chi connectivity index (χ1) is 64.3. The van der Waals surface area contributed by atoms with Gasteiger partial charge in [-0.05, 0) is 119 Å². The molecule has 0 spiro atoms. The molecule has 38 heteroatoms. The summed E-state index contributed by atoms with van der Waals surface area (Å²) in [5.74, 6) is 3.47. The number of hydrogen-bond donors (Lipinski definition) is 5. The van der Waals surface area contributed by atoms with E-state index < -0.39 is 6.09 Å². The van der Waals surface area contributed by atoms with Crippen molar-refractivity contribution in [2.45, 2.75) is 54.4 Å². The van der Waals surface area contributed by atoms with Gasteiger partial charge in [-0.15, -0.1) is 45.3 Å². The maximum Gasteiger partial charge on any atom is 0.411 e. The number of pyridine rings is 4. The molecule has 22 aromatic rings. The molecule has 0 unspecified atom stereocenters. The van der Waals surface area contributed by atoms with Crippen LogP contribution in [-0.2, 0) is 36.3 Å². The average molecular weight is 1810 g/mol. The highest BCUT2D eigenvalue weighted by molar-refractivity contribution is 7.20. The van der Waals surface area contributed by atoms with E-state index in [1.807, 2.05) is 253 Å². The molecule has 34 nitrogen and oxygen atoms in total. The van der Waals surface area contributed by atoms with E-state index in [9.17, 15) is 4.79 Å². The number of benzene rings is 4. The van der Waals surface area contributed by atoms with E-state index in [0.717, 1.165) is 214 Å². The number of thiazole rings is 4. The molecule has 650 valence electrons. The summed E-state index contributed by atoms with van der Waals surface area (Å²) in [7, 11) is 1.91. The number of aryl methyl sites for hydroxylation is 6. The summed E-state index contributed by atoms with van der Waals surface area (Å²) in [6.07, 6.45) is 19.2. The van der Waals surface area contributed by atoms with Crippen LogP contribution < -0.4 is 10.1 Å². The molecule has 1 aliphatic rings. The molecule has 1 fully saturated rings. The van der Waals surface area contributed by atoms with Crippen LogP contribution in [0.4, 0.5) is 10.5 Å². The molecular formula is C93H80N30O4S4. The van der Waals surface area contributed by atoms with Gasteiger partial charge in [-0.1, -0.05) is 109 Å². The molecule has 19 heterocycles. The Bertz CT molecular complexity index is 7690. The van der Waals surface area contributed by atoms with Gasteiger partial charge in [0.2, 0.25) is 0 Å². The standard InChI is InChI=1S/C27H21N7O2S.C26H20N6OS.C22H23N9OS.C18H16N8S/c1-17-22(21-9-5-6-14-34(21)33-17)26-31-23(24(37-26)25-28-16-29-32-25)19-10-12-20(13-11-19)30-27(35)36-15-18-7-3-2-4-8-18;1-17-22(20-12-7-8-14-32(20)31-17)26-29-23(24(34-26)25-27-16-28-30-25)19-11-5-6-13-21(19)33-15-18-9-3-2-4-10-18;1-15-18(17-4-2-3-5-31(17)28-15)22-26-19(20(33-22)21-23-14-24-27-21)16-12-25-30(13-16)7-6-29-8-10-32-11-9-29;1-10-12(8-25(3)23-10)15-16(17-19-9-20-22-17)27-18(21-15)14-11(2)24-26-7-5-4-6-13(14)26/h2-14,16H,15H2,1H3,(H,30,35)(H,28,29,32);2-14,16H,15H2,1H3,(H,27,28,30);2-5,12-14H,6-11H2,1H3,(H,23,24,27);4-9H,1-3H3,(H,19,20,22). The van der Waals surface area contributed by atoms with Crippen molar-refractivity contribution in [2.75, 3.05) is 38.2 Å². The summed E-state index contributed by atoms with van der Waals surface area (Å²) >= 11 is 6.27. The van der Waals surface area contributed by atoms with Crippen molar-refractivity contribution in [3.63, 3.8) is 0 Å². The lowest BCUT2D eigenvalue weighted by Crippen LogP contribution is -2.38. The molecule has 0 saturated carbocycles. The molecule has 1 saturated heterocycles. The van der Waals surface area contributed by atoms with Gasteiger partial charge in [-0.2, -0.15) is 51.0 Å². The summed E-state index contributed by atoms with van der Waals surface area (Å²) in [5, 5.41) is 62.0. The summed E-state index contributed by atoms with van der Waals surface area (Å²) in [6.45, 7) is 16.0. The van der Waals surface area contributed by atoms with Gasteiger partial charge in [-0.25, -0.2) is 62.7 Å². The Hall–Kier alpha value is -15.9. The molecule has 4 aromatic carbocycles. The number of hydrogen-bond acceptors (Lipinski definition) is 27. The number of aromatic nitrogens is 28. The van der Waals surface area contributed by atoms with Crippen molar-refractivity contribution in [3.8, 4) is 136 Å². The average Bonchev–Trinajstić information content (AvgIpc) is 2.58. The minimum atomic E-state index is -0.515. The maximum absolute atomic E-state index is 12.3. The van der Waals surface area contributed by atoms with Crippen LogP contribution in [0.25, 0.3) is 152 Å². The Morgan fingerprint density at radius 1 is 0.420 bits per heavy atom. The molecule has 18 aromatic heterocycles. The third-order valence-corrected chi connectivity index (χ3v) is 26.0. The van der Waals surface area contributed by atoms with E-state index in [1.54, 1.807) is 38.7 Å². The minimum absolute atomic E-state index is 0.204. The molecule has 5 N–H and O–H groups in total. The number of rotatable bonds is 21. The topological polar surface area (TPSA) is 383 Å². The van der Waals surface area contributed by atoms with Crippen LogP contribution in [-0.4, -0.2) is 183 Å². The highest BCUT2D eigenvalue weighted by Gasteiger charge is 2.29. The van der Waals surface area contributed by atoms with Gasteiger partial charge in [0.05, 0.1) is 141 Å². The number of H-pyrrole nitrogens is 4. The first-order valence-corrected chi connectivity index (χ1v) is 45.0. The lowest BCUT2D eigenvalue weighted by molar-refractivity contribution is 0.0360. The SMILES string of the molecule is Cc1nn(C)cc1-c1nc(-c2c(C)nn3ccccc23)sc1-c1ncn[nH]1.Cc1nn2ccccc2c1-c1nc(-c2ccc(NC(=O)OCc3ccccc3)cc2)c(-c2ncn[nH]2)s1.Cc1nn2ccccc2c1-c1nc(-c2ccccc2OCc2ccccc2)c(-c2ncn[nH]2)s1.Cc1nn2ccccc2c1-c1nc(-c2cnn(CCN3CCOCC3)c2)c(-c2ncn[nH]2)s1. The van der Waals surface area contributed by atoms with E-state index in [-0.39, 0.29) is 6.61 Å². The molecule has 0 radical (unpaired) electrons. The van der Waals surface area contributed by atoms with Crippen LogP contribution >= 0.6 is 45.3 Å². The van der Waals surface area contributed by atoms with E-state index in [1.165, 1.54) is 36.6 Å². The Labute approximate surface area is 762 Å². The molecule has 0 atom stereocenters. The van der Waals surface area contributed by atoms with Gasteiger partial charge in [-0.3, -0.25) is 40.0 Å². The number of ether oxygens (including phenoxy) is 3. The Balaban J connectivity index is 0.000000110. The Morgan fingerprint density at radius 3 is 1.26 bits per heavy atom. The van der Waals surface area contributed by atoms with Gasteiger partial charge in [0.25, 0.3) is 0 Å². The lowest BCUT2D eigenvalue weighted by atomic mass is 10.1. The van der Waals surface area contributed by atoms with Crippen LogP contribution in [0.1, 0.15) is 39.6 Å². The first kappa shape index (κ1) is 83.4. The summed E-state index contributed by atoms with van der Waals surface area (Å²) in [4.78, 5) is 56.0. The molecule has 1 amide bonds. The predicted octanol–water partition coefficient (Wildman–Crippen LogP) is 17.8. The van der Waals surface area contributed by atoms with Crippen molar-refractivity contribution >= 4 is 79.2 Å². The van der Waals surface area contributed by atoms with E-state index in [0.29, 0.717) is 35.6 Å². The monoisotopic (exact) mass is 1810 g/mol. The van der Waals surface area contributed by atoms with E-state index >= 15 is 0 Å². The van der Waals surface area contributed by atoms with Gasteiger partial charge in [0.1, 0.15) is 64.3 Å². The second kappa shape index (κ2) is 37.2. The highest BCUT2D eigenvalue weighted by atomic mass is 32.1. The van der Waals surface area contributed by atoms with Crippen molar-refractivity contribution < 1.29 is 19.0 Å². The van der Waals surface area contributed by atoms with Crippen LogP contribution in [0, 0.1) is 34.6 Å². The second-order valence-corrected chi connectivity index (χ2v) is 34.4. The smallest absolute Gasteiger partial charge is 0.411 e. The number of nitrogens with one attached hydrogen (secondary N) is 5. The summed E-state index contributed by atoms with van der Waals surface area (Å²) in [6, 6.07) is 59.2. The third-order valence-electron chi connectivity index (χ3n) is 21.7. The van der Waals surface area contributed by atoms with E-state index in [2.05, 4.69) is 138 Å². The fraction of sp³-hybridized carbons (Fsp3) is 0.151. The Morgan fingerprint density at radius 2 is 0.824 bits per heavy atom. The maximum atomic E-state index is 12.3. The van der Waals surface area contributed by atoms with Gasteiger partial charge < -0.3 is 14.2 Å². The number of anilines is 1.